The highest BCUT2D eigenvalue weighted by Crippen LogP contribution is 2.31. The number of hydrogen-bond acceptors (Lipinski definition) is 4. The molecule has 3 rings (SSSR count). The first-order valence-corrected chi connectivity index (χ1v) is 11.5. The average Bonchev–Trinajstić information content (AvgIpc) is 2.71. The van der Waals surface area contributed by atoms with Crippen LogP contribution >= 0.6 is 23.2 Å². The molecule has 1 fully saturated rings. The van der Waals surface area contributed by atoms with Gasteiger partial charge in [0.2, 0.25) is 5.91 Å². The third-order valence-corrected chi connectivity index (χ3v) is 7.16. The van der Waals surface area contributed by atoms with Gasteiger partial charge in [0.15, 0.2) is 0 Å². The summed E-state index contributed by atoms with van der Waals surface area (Å²) < 4.78 is 27.5. The number of carbonyl (C=O) groups is 2. The van der Waals surface area contributed by atoms with Gasteiger partial charge in [0.25, 0.3) is 10.0 Å². The minimum Gasteiger partial charge on any atom is -0.481 e. The Kier molecular flexibility index (Phi) is 6.90. The van der Waals surface area contributed by atoms with Crippen molar-refractivity contribution in [2.75, 3.05) is 10.0 Å². The fraction of sp³-hybridized carbons (Fsp3) is 0.300. The minimum atomic E-state index is -3.87. The molecule has 0 radical (unpaired) electrons. The molecule has 0 unspecified atom stereocenters. The van der Waals surface area contributed by atoms with Gasteiger partial charge in [-0.1, -0.05) is 36.0 Å². The number of carboxylic acids is 1. The number of nitrogens with one attached hydrogen (secondary N) is 2. The van der Waals surface area contributed by atoms with Crippen LogP contribution in [0.5, 0.6) is 0 Å². The van der Waals surface area contributed by atoms with Crippen molar-refractivity contribution in [3.05, 3.63) is 52.5 Å². The molecule has 0 bridgehead atoms. The largest absolute Gasteiger partial charge is 0.481 e. The van der Waals surface area contributed by atoms with Crippen LogP contribution in [0.15, 0.2) is 47.4 Å². The van der Waals surface area contributed by atoms with Crippen molar-refractivity contribution in [1.29, 1.82) is 0 Å². The maximum Gasteiger partial charge on any atom is 0.307 e. The van der Waals surface area contributed by atoms with Gasteiger partial charge in [0.1, 0.15) is 0 Å². The topological polar surface area (TPSA) is 113 Å². The predicted molar refractivity (Wildman–Crippen MR) is 115 cm³/mol. The van der Waals surface area contributed by atoms with Crippen LogP contribution in [-0.2, 0) is 19.6 Å². The Morgan fingerprint density at radius 2 is 1.50 bits per heavy atom. The SMILES string of the molecule is O=C(Nc1ccc(S(=O)(=O)Nc2ccc(Cl)c(Cl)c2)cc1)[C@H]1CCCC[C@H]1C(=O)O. The molecule has 30 heavy (non-hydrogen) atoms. The van der Waals surface area contributed by atoms with Crippen LogP contribution in [-0.4, -0.2) is 25.4 Å². The quantitative estimate of drug-likeness (QED) is 0.569. The molecule has 2 atom stereocenters. The first-order chi connectivity index (χ1) is 14.2. The maximum atomic E-state index is 12.6. The first kappa shape index (κ1) is 22.4. The molecule has 2 aromatic carbocycles. The third kappa shape index (κ3) is 5.24. The van der Waals surface area contributed by atoms with E-state index in [2.05, 4.69) is 10.0 Å². The number of anilines is 2. The van der Waals surface area contributed by atoms with Crippen molar-refractivity contribution in [3.8, 4) is 0 Å². The fourth-order valence-corrected chi connectivity index (χ4v) is 4.81. The average molecular weight is 471 g/mol. The van der Waals surface area contributed by atoms with Crippen molar-refractivity contribution in [3.63, 3.8) is 0 Å². The van der Waals surface area contributed by atoms with Crippen LogP contribution in [0.4, 0.5) is 11.4 Å². The normalized spacial score (nSPS) is 19.1. The van der Waals surface area contributed by atoms with E-state index in [1.165, 1.54) is 42.5 Å². The highest BCUT2D eigenvalue weighted by Gasteiger charge is 2.35. The van der Waals surface area contributed by atoms with Gasteiger partial charge >= 0.3 is 5.97 Å². The van der Waals surface area contributed by atoms with Crippen LogP contribution in [0.1, 0.15) is 25.7 Å². The summed E-state index contributed by atoms with van der Waals surface area (Å²) in [6, 6.07) is 9.99. The summed E-state index contributed by atoms with van der Waals surface area (Å²) in [5.41, 5.74) is 0.655. The molecule has 0 saturated heterocycles. The molecule has 0 heterocycles. The van der Waals surface area contributed by atoms with Crippen molar-refractivity contribution in [2.24, 2.45) is 11.8 Å². The van der Waals surface area contributed by atoms with Crippen molar-refractivity contribution >= 4 is 56.5 Å². The van der Waals surface area contributed by atoms with Crippen LogP contribution in [0, 0.1) is 11.8 Å². The monoisotopic (exact) mass is 470 g/mol. The second-order valence-corrected chi connectivity index (χ2v) is 9.58. The van der Waals surface area contributed by atoms with Gasteiger partial charge in [-0.05, 0) is 55.3 Å². The smallest absolute Gasteiger partial charge is 0.307 e. The highest BCUT2D eigenvalue weighted by molar-refractivity contribution is 7.92. The van der Waals surface area contributed by atoms with Crippen LogP contribution in [0.3, 0.4) is 0 Å². The van der Waals surface area contributed by atoms with E-state index in [-0.39, 0.29) is 21.5 Å². The van der Waals surface area contributed by atoms with Gasteiger partial charge in [0, 0.05) is 5.69 Å². The van der Waals surface area contributed by atoms with Gasteiger partial charge in [-0.25, -0.2) is 8.42 Å². The molecule has 1 aliphatic carbocycles. The molecular weight excluding hydrogens is 451 g/mol. The highest BCUT2D eigenvalue weighted by atomic mass is 35.5. The van der Waals surface area contributed by atoms with E-state index < -0.39 is 27.8 Å². The van der Waals surface area contributed by atoms with Crippen LogP contribution in [0.25, 0.3) is 0 Å². The van der Waals surface area contributed by atoms with Crippen molar-refractivity contribution < 1.29 is 23.1 Å². The van der Waals surface area contributed by atoms with Gasteiger partial charge < -0.3 is 10.4 Å². The number of amides is 1. The molecule has 1 aliphatic rings. The summed E-state index contributed by atoms with van der Waals surface area (Å²) in [6.07, 6.45) is 2.59. The lowest BCUT2D eigenvalue weighted by Gasteiger charge is -2.27. The van der Waals surface area contributed by atoms with Crippen molar-refractivity contribution in [1.82, 2.24) is 0 Å². The number of carboxylic acid groups (broad SMARTS) is 1. The van der Waals surface area contributed by atoms with E-state index in [9.17, 15) is 23.1 Å². The van der Waals surface area contributed by atoms with Gasteiger partial charge in [-0.3, -0.25) is 14.3 Å². The van der Waals surface area contributed by atoms with Gasteiger partial charge in [-0.2, -0.15) is 0 Å². The lowest BCUT2D eigenvalue weighted by molar-refractivity contribution is -0.147. The molecule has 0 aliphatic heterocycles. The zero-order valence-corrected chi connectivity index (χ0v) is 18.1. The van der Waals surface area contributed by atoms with E-state index in [1.54, 1.807) is 0 Å². The first-order valence-electron chi connectivity index (χ1n) is 9.29. The summed E-state index contributed by atoms with van der Waals surface area (Å²) in [6.45, 7) is 0. The summed E-state index contributed by atoms with van der Waals surface area (Å²) in [4.78, 5) is 23.9. The summed E-state index contributed by atoms with van der Waals surface area (Å²) in [5.74, 6) is -2.64. The number of sulfonamides is 1. The van der Waals surface area contributed by atoms with E-state index in [1.807, 2.05) is 0 Å². The van der Waals surface area contributed by atoms with E-state index in [4.69, 9.17) is 23.2 Å². The Balaban J connectivity index is 1.70. The molecule has 3 N–H and O–H groups in total. The molecule has 0 spiro atoms. The molecule has 1 saturated carbocycles. The van der Waals surface area contributed by atoms with Crippen LogP contribution in [0.2, 0.25) is 10.0 Å². The zero-order valence-electron chi connectivity index (χ0n) is 15.8. The van der Waals surface area contributed by atoms with E-state index >= 15 is 0 Å². The Morgan fingerprint density at radius 3 is 2.10 bits per heavy atom. The number of benzene rings is 2. The number of aliphatic carboxylic acids is 1. The molecule has 2 aromatic rings. The maximum absolute atomic E-state index is 12.6. The summed E-state index contributed by atoms with van der Waals surface area (Å²) >= 11 is 11.7. The zero-order chi connectivity index (χ0) is 21.9. The van der Waals surface area contributed by atoms with E-state index in [0.717, 1.165) is 12.8 Å². The predicted octanol–water partition coefficient (Wildman–Crippen LogP) is 4.62. The Labute approximate surface area is 184 Å². The lowest BCUT2D eigenvalue weighted by atomic mass is 9.78. The summed E-state index contributed by atoms with van der Waals surface area (Å²) in [7, 11) is -3.87. The van der Waals surface area contributed by atoms with Crippen molar-refractivity contribution in [2.45, 2.75) is 30.6 Å². The second kappa shape index (κ2) is 9.24. The minimum absolute atomic E-state index is 0.00681. The van der Waals surface area contributed by atoms with E-state index in [0.29, 0.717) is 23.6 Å². The molecule has 160 valence electrons. The molecular formula is C20H20Cl2N2O5S. The fourth-order valence-electron chi connectivity index (χ4n) is 3.47. The van der Waals surface area contributed by atoms with Gasteiger partial charge in [0.05, 0.1) is 32.5 Å². The Morgan fingerprint density at radius 1 is 0.900 bits per heavy atom. The second-order valence-electron chi connectivity index (χ2n) is 7.08. The van der Waals surface area contributed by atoms with Crippen LogP contribution < -0.4 is 10.0 Å². The molecule has 1 amide bonds. The molecule has 7 nitrogen and oxygen atoms in total. The molecule has 10 heteroatoms. The number of hydrogen-bond donors (Lipinski definition) is 3. The number of rotatable bonds is 6. The van der Waals surface area contributed by atoms with Gasteiger partial charge in [-0.15, -0.1) is 0 Å². The number of carbonyl (C=O) groups excluding carboxylic acids is 1. The third-order valence-electron chi connectivity index (χ3n) is 5.02. The standard InChI is InChI=1S/C20H20Cl2N2O5S/c21-17-10-7-13(11-18(17)22)24-30(28,29)14-8-5-12(6-9-14)23-19(25)15-3-1-2-4-16(15)20(26)27/h5-11,15-16,24H,1-4H2,(H,23,25)(H,26,27)/t15-,16+/m0/s1. The Bertz CT molecular complexity index is 1060. The number of halogens is 2. The Hall–Kier alpha value is -2.29. The lowest BCUT2D eigenvalue weighted by Crippen LogP contribution is -2.36. The molecule has 0 aromatic heterocycles. The summed E-state index contributed by atoms with van der Waals surface area (Å²) in [5, 5.41) is 12.6.